The van der Waals surface area contributed by atoms with E-state index in [0.717, 1.165) is 48.2 Å². The molecule has 0 unspecified atom stereocenters. The summed E-state index contributed by atoms with van der Waals surface area (Å²) in [6.45, 7) is 2.20. The predicted octanol–water partition coefficient (Wildman–Crippen LogP) is 3.69. The van der Waals surface area contributed by atoms with Gasteiger partial charge in [0.1, 0.15) is 23.6 Å². The van der Waals surface area contributed by atoms with E-state index < -0.39 is 0 Å². The minimum Gasteiger partial charge on any atom is -0.383 e. The summed E-state index contributed by atoms with van der Waals surface area (Å²) in [6, 6.07) is 1.51. The summed E-state index contributed by atoms with van der Waals surface area (Å²) in [6.07, 6.45) is 12.5. The number of aromatic nitrogens is 4. The molecule has 3 aromatic rings. The zero-order chi connectivity index (χ0) is 20.0. The highest BCUT2D eigenvalue weighted by atomic mass is 19.1. The van der Waals surface area contributed by atoms with Crippen molar-refractivity contribution in [1.29, 1.82) is 0 Å². The van der Waals surface area contributed by atoms with Gasteiger partial charge in [-0.05, 0) is 62.2 Å². The molecular weight excluding hydrogens is 367 g/mol. The van der Waals surface area contributed by atoms with Gasteiger partial charge < -0.3 is 15.6 Å². The molecule has 3 aromatic heterocycles. The van der Waals surface area contributed by atoms with Crippen molar-refractivity contribution in [3.63, 3.8) is 0 Å². The number of fused-ring (bicyclic) bond motifs is 1. The fourth-order valence-corrected chi connectivity index (χ4v) is 5.05. The van der Waals surface area contributed by atoms with Gasteiger partial charge in [-0.25, -0.2) is 14.4 Å². The molecule has 4 heterocycles. The number of piperidine rings is 1. The summed E-state index contributed by atoms with van der Waals surface area (Å²) >= 11 is 0. The van der Waals surface area contributed by atoms with Gasteiger partial charge >= 0.3 is 0 Å². The van der Waals surface area contributed by atoms with Crippen LogP contribution in [0.15, 0.2) is 30.9 Å². The number of rotatable bonds is 2. The highest BCUT2D eigenvalue weighted by Crippen LogP contribution is 2.47. The summed E-state index contributed by atoms with van der Waals surface area (Å²) in [7, 11) is 2.00. The molecule has 2 aliphatic rings. The zero-order valence-corrected chi connectivity index (χ0v) is 16.6. The Balaban J connectivity index is 1.69. The molecule has 7 heteroatoms. The molecule has 1 saturated heterocycles. The summed E-state index contributed by atoms with van der Waals surface area (Å²) in [4.78, 5) is 12.7. The van der Waals surface area contributed by atoms with Gasteiger partial charge in [-0.2, -0.15) is 0 Å². The van der Waals surface area contributed by atoms with Gasteiger partial charge in [-0.3, -0.25) is 4.98 Å². The lowest BCUT2D eigenvalue weighted by Gasteiger charge is -2.40. The average Bonchev–Trinajstić information content (AvgIpc) is 3.03. The fraction of sp³-hybridized carbons (Fsp3) is 0.409. The van der Waals surface area contributed by atoms with Crippen LogP contribution < -0.4 is 11.1 Å². The van der Waals surface area contributed by atoms with Crippen LogP contribution in [0.1, 0.15) is 37.8 Å². The van der Waals surface area contributed by atoms with Crippen molar-refractivity contribution in [3.05, 3.63) is 42.4 Å². The van der Waals surface area contributed by atoms with E-state index in [1.165, 1.54) is 43.4 Å². The van der Waals surface area contributed by atoms with E-state index in [0.29, 0.717) is 16.8 Å². The minimum atomic E-state index is -0.368. The second-order valence-electron chi connectivity index (χ2n) is 8.32. The lowest BCUT2D eigenvalue weighted by molar-refractivity contribution is 0.184. The van der Waals surface area contributed by atoms with E-state index in [4.69, 9.17) is 5.73 Å². The fourth-order valence-electron chi connectivity index (χ4n) is 5.05. The van der Waals surface area contributed by atoms with Crippen molar-refractivity contribution >= 4 is 22.4 Å². The molecule has 0 atom stereocenters. The lowest BCUT2D eigenvalue weighted by Crippen LogP contribution is -2.37. The van der Waals surface area contributed by atoms with Crippen molar-refractivity contribution < 1.29 is 4.39 Å². The van der Waals surface area contributed by atoms with E-state index in [1.807, 2.05) is 7.05 Å². The Hall–Kier alpha value is -2.80. The third-order valence-corrected chi connectivity index (χ3v) is 6.66. The van der Waals surface area contributed by atoms with Crippen LogP contribution in [0, 0.1) is 11.2 Å². The number of pyridine rings is 1. The van der Waals surface area contributed by atoms with Crippen molar-refractivity contribution in [3.8, 4) is 11.1 Å². The number of anilines is 1. The maximum Gasteiger partial charge on any atom is 0.146 e. The van der Waals surface area contributed by atoms with Crippen molar-refractivity contribution in [2.24, 2.45) is 12.5 Å². The Bertz CT molecular complexity index is 1110. The van der Waals surface area contributed by atoms with Crippen LogP contribution in [0.3, 0.4) is 0 Å². The predicted molar refractivity (Wildman–Crippen MR) is 112 cm³/mol. The topological polar surface area (TPSA) is 81.7 Å². The van der Waals surface area contributed by atoms with Crippen LogP contribution in [-0.4, -0.2) is 32.6 Å². The van der Waals surface area contributed by atoms with Crippen LogP contribution >= 0.6 is 0 Å². The van der Waals surface area contributed by atoms with E-state index in [9.17, 15) is 4.39 Å². The Kier molecular flexibility index (Phi) is 4.35. The first-order valence-electron chi connectivity index (χ1n) is 10.2. The van der Waals surface area contributed by atoms with Gasteiger partial charge in [0.15, 0.2) is 0 Å². The lowest BCUT2D eigenvalue weighted by atomic mass is 9.68. The third kappa shape index (κ3) is 3.00. The number of nitrogens with two attached hydrogens (primary N) is 1. The highest BCUT2D eigenvalue weighted by Gasteiger charge is 2.35. The quantitative estimate of drug-likeness (QED) is 0.695. The number of hydrogen-bond acceptors (Lipinski definition) is 5. The first-order chi connectivity index (χ1) is 14.1. The zero-order valence-electron chi connectivity index (χ0n) is 16.6. The Morgan fingerprint density at radius 2 is 2.00 bits per heavy atom. The number of nitrogens with zero attached hydrogens (tertiary/aromatic N) is 4. The number of nitrogens with one attached hydrogen (secondary N) is 1. The molecule has 6 nitrogen and oxygen atoms in total. The van der Waals surface area contributed by atoms with Crippen molar-refractivity contribution in [2.45, 2.75) is 32.1 Å². The maximum absolute atomic E-state index is 14.0. The highest BCUT2D eigenvalue weighted by molar-refractivity contribution is 6.05. The number of aryl methyl sites for hydroxylation is 1. The summed E-state index contributed by atoms with van der Waals surface area (Å²) < 4.78 is 16.1. The van der Waals surface area contributed by atoms with Gasteiger partial charge in [0.2, 0.25) is 0 Å². The summed E-state index contributed by atoms with van der Waals surface area (Å²) in [5.74, 6) is 0.0366. The number of hydrogen-bond donors (Lipinski definition) is 2. The molecule has 1 aliphatic heterocycles. The molecule has 5 rings (SSSR count). The standard InChI is InChI=1S/C22H25FN6/c1-29-19(14-2-4-22(5-3-14)6-8-25-9-7-22)17(15-10-16(23)12-26-11-15)18-20(24)27-13-28-21(18)29/h2,10-13,25H,3-9H2,1H3,(H2,24,27,28). The van der Waals surface area contributed by atoms with E-state index in [-0.39, 0.29) is 5.82 Å². The van der Waals surface area contributed by atoms with Gasteiger partial charge in [0.05, 0.1) is 17.3 Å². The molecular formula is C22H25FN6. The number of halogens is 1. The first-order valence-corrected chi connectivity index (χ1v) is 10.2. The largest absolute Gasteiger partial charge is 0.383 e. The first kappa shape index (κ1) is 18.2. The molecule has 0 amide bonds. The molecule has 1 fully saturated rings. The molecule has 1 spiro atoms. The maximum atomic E-state index is 14.0. The third-order valence-electron chi connectivity index (χ3n) is 6.66. The van der Waals surface area contributed by atoms with Crippen LogP contribution in [0.4, 0.5) is 10.2 Å². The molecule has 1 aliphatic carbocycles. The minimum absolute atomic E-state index is 0.368. The van der Waals surface area contributed by atoms with Crippen LogP contribution in [-0.2, 0) is 7.05 Å². The normalized spacial score (nSPS) is 18.9. The number of nitrogen functional groups attached to an aromatic ring is 1. The molecule has 0 radical (unpaired) electrons. The Morgan fingerprint density at radius 1 is 1.17 bits per heavy atom. The van der Waals surface area contributed by atoms with Crippen molar-refractivity contribution in [2.75, 3.05) is 18.8 Å². The van der Waals surface area contributed by atoms with E-state index in [2.05, 4.69) is 30.9 Å². The molecule has 3 N–H and O–H groups in total. The van der Waals surface area contributed by atoms with Crippen LogP contribution in [0.5, 0.6) is 0 Å². The monoisotopic (exact) mass is 392 g/mol. The van der Waals surface area contributed by atoms with Gasteiger partial charge in [-0.15, -0.1) is 0 Å². The molecule has 0 aromatic carbocycles. The summed E-state index contributed by atoms with van der Waals surface area (Å²) in [5, 5.41) is 4.24. The van der Waals surface area contributed by atoms with Gasteiger partial charge in [-0.1, -0.05) is 6.08 Å². The molecule has 150 valence electrons. The second-order valence-corrected chi connectivity index (χ2v) is 8.32. The Labute approximate surface area is 169 Å². The smallest absolute Gasteiger partial charge is 0.146 e. The second kappa shape index (κ2) is 6.91. The Morgan fingerprint density at radius 3 is 2.72 bits per heavy atom. The van der Waals surface area contributed by atoms with E-state index in [1.54, 1.807) is 6.20 Å². The van der Waals surface area contributed by atoms with Crippen LogP contribution in [0.25, 0.3) is 27.7 Å². The van der Waals surface area contributed by atoms with Gasteiger partial charge in [0, 0.05) is 24.4 Å². The average molecular weight is 392 g/mol. The van der Waals surface area contributed by atoms with Gasteiger partial charge in [0.25, 0.3) is 0 Å². The summed E-state index contributed by atoms with van der Waals surface area (Å²) in [5.41, 5.74) is 11.3. The number of allylic oxidation sites excluding steroid dienone is 2. The molecule has 0 bridgehead atoms. The molecule has 29 heavy (non-hydrogen) atoms. The van der Waals surface area contributed by atoms with Crippen molar-refractivity contribution in [1.82, 2.24) is 24.8 Å². The molecule has 0 saturated carbocycles. The van der Waals surface area contributed by atoms with Crippen LogP contribution in [0.2, 0.25) is 0 Å². The van der Waals surface area contributed by atoms with E-state index >= 15 is 0 Å². The SMILES string of the molecule is Cn1c(C2=CCC3(CCNCC3)CC2)c(-c2cncc(F)c2)c2c(N)ncnc21.